The number of likely N-dealkylation sites (tertiary alicyclic amines) is 2. The summed E-state index contributed by atoms with van der Waals surface area (Å²) in [7, 11) is 2.21. The van der Waals surface area contributed by atoms with E-state index in [4.69, 9.17) is 43.0 Å². The molecule has 5 amide bonds. The van der Waals surface area contributed by atoms with E-state index < -0.39 is 80.6 Å². The van der Waals surface area contributed by atoms with Crippen LogP contribution < -0.4 is 32.0 Å². The van der Waals surface area contributed by atoms with Gasteiger partial charge in [0.25, 0.3) is 11.1 Å². The molecule has 2 aromatic rings. The van der Waals surface area contributed by atoms with Crippen molar-refractivity contribution >= 4 is 46.8 Å². The number of benzene rings is 2. The van der Waals surface area contributed by atoms with Crippen LogP contribution in [0.3, 0.4) is 0 Å². The van der Waals surface area contributed by atoms with E-state index in [1.807, 2.05) is 20.8 Å². The van der Waals surface area contributed by atoms with Gasteiger partial charge in [-0.3, -0.25) is 19.2 Å². The van der Waals surface area contributed by atoms with Crippen molar-refractivity contribution in [1.29, 1.82) is 0 Å². The van der Waals surface area contributed by atoms with Crippen molar-refractivity contribution in [2.45, 2.75) is 102 Å². The van der Waals surface area contributed by atoms with Gasteiger partial charge in [-0.2, -0.15) is 26.3 Å². The minimum Gasteiger partial charge on any atom is -0.496 e. The molecule has 2 heterocycles. The maximum atomic E-state index is 13.2. The molecule has 0 aliphatic carbocycles. The van der Waals surface area contributed by atoms with Gasteiger partial charge in [0.05, 0.1) is 30.9 Å². The molecular formula is C40H53ClF6N6O10. The first kappa shape index (κ1) is 53.6. The highest BCUT2D eigenvalue weighted by molar-refractivity contribution is 6.67. The number of methoxy groups -OCH3 is 2. The predicted octanol–water partition coefficient (Wildman–Crippen LogP) is 5.99. The van der Waals surface area contributed by atoms with Gasteiger partial charge in [0, 0.05) is 37.3 Å². The van der Waals surface area contributed by atoms with E-state index in [2.05, 4.69) is 10.1 Å². The van der Waals surface area contributed by atoms with Gasteiger partial charge in [0.15, 0.2) is 0 Å². The zero-order valence-corrected chi connectivity index (χ0v) is 36.7. The summed E-state index contributed by atoms with van der Waals surface area (Å²) in [6.45, 7) is 11.5. The van der Waals surface area contributed by atoms with Crippen LogP contribution in [0.25, 0.3) is 0 Å². The van der Waals surface area contributed by atoms with E-state index in [-0.39, 0.29) is 48.9 Å². The number of carbonyl (C=O) groups is 6. The third-order valence-corrected chi connectivity index (χ3v) is 9.61. The van der Waals surface area contributed by atoms with Crippen molar-refractivity contribution in [2.24, 2.45) is 17.2 Å². The number of primary amides is 2. The van der Waals surface area contributed by atoms with E-state index in [0.717, 1.165) is 32.4 Å². The maximum Gasteiger partial charge on any atom is 0.419 e. The number of ether oxygens (including phenoxy) is 4. The number of nitrogens with one attached hydrogen (secondary N) is 1. The Morgan fingerprint density at radius 1 is 0.635 bits per heavy atom. The maximum absolute atomic E-state index is 13.2. The summed E-state index contributed by atoms with van der Waals surface area (Å²) < 4.78 is 96.8. The quantitative estimate of drug-likeness (QED) is 0.186. The van der Waals surface area contributed by atoms with Gasteiger partial charge in [0.2, 0.25) is 11.8 Å². The van der Waals surface area contributed by atoms with E-state index in [1.54, 1.807) is 25.7 Å². The molecule has 0 radical (unpaired) electrons. The second-order valence-electron chi connectivity index (χ2n) is 16.5. The normalized spacial score (nSPS) is 16.1. The van der Waals surface area contributed by atoms with Crippen LogP contribution in [-0.2, 0) is 31.4 Å². The highest BCUT2D eigenvalue weighted by Crippen LogP contribution is 2.38. The topological polar surface area (TPSA) is 236 Å². The smallest absolute Gasteiger partial charge is 0.419 e. The Hall–Kier alpha value is -5.51. The van der Waals surface area contributed by atoms with Crippen LogP contribution in [-0.4, -0.2) is 108 Å². The number of hydrogen-bond acceptors (Lipinski definition) is 11. The van der Waals surface area contributed by atoms with Crippen molar-refractivity contribution in [2.75, 3.05) is 40.4 Å². The lowest BCUT2D eigenvalue weighted by molar-refractivity contribution is -0.139. The molecule has 2 aliphatic rings. The molecule has 2 fully saturated rings. The van der Waals surface area contributed by atoms with Gasteiger partial charge in [0.1, 0.15) is 28.2 Å². The van der Waals surface area contributed by atoms with Gasteiger partial charge in [-0.05, 0) is 115 Å². The summed E-state index contributed by atoms with van der Waals surface area (Å²) in [6, 6.07) is 5.72. The number of amides is 5. The van der Waals surface area contributed by atoms with Crippen molar-refractivity contribution in [1.82, 2.24) is 15.1 Å². The van der Waals surface area contributed by atoms with Crippen LogP contribution >= 0.6 is 11.6 Å². The van der Waals surface area contributed by atoms with Crippen LogP contribution in [0.1, 0.15) is 99.1 Å². The lowest BCUT2D eigenvalue weighted by Gasteiger charge is -2.40. The lowest BCUT2D eigenvalue weighted by atomic mass is 9.86. The molecule has 63 heavy (non-hydrogen) atoms. The van der Waals surface area contributed by atoms with Crippen LogP contribution in [0.15, 0.2) is 36.4 Å². The summed E-state index contributed by atoms with van der Waals surface area (Å²) in [5.41, 5.74) is 10.2. The van der Waals surface area contributed by atoms with Crippen LogP contribution in [0.4, 0.5) is 35.9 Å². The second kappa shape index (κ2) is 20.8. The molecule has 0 spiro atoms. The Morgan fingerprint density at radius 2 is 1.00 bits per heavy atom. The highest BCUT2D eigenvalue weighted by atomic mass is 35.5. The van der Waals surface area contributed by atoms with Crippen molar-refractivity contribution in [3.05, 3.63) is 58.7 Å². The van der Waals surface area contributed by atoms with Crippen molar-refractivity contribution in [3.8, 4) is 11.5 Å². The molecule has 0 bridgehead atoms. The fourth-order valence-electron chi connectivity index (χ4n) is 5.90. The summed E-state index contributed by atoms with van der Waals surface area (Å²) in [4.78, 5) is 73.5. The molecule has 352 valence electrons. The first-order valence-corrected chi connectivity index (χ1v) is 19.4. The van der Waals surface area contributed by atoms with Gasteiger partial charge in [-0.25, -0.2) is 9.59 Å². The first-order chi connectivity index (χ1) is 28.7. The van der Waals surface area contributed by atoms with Crippen molar-refractivity contribution < 1.29 is 74.1 Å². The minimum atomic E-state index is -4.73. The molecular weight excluding hydrogens is 874 g/mol. The lowest BCUT2D eigenvalue weighted by Crippen LogP contribution is -2.63. The molecule has 0 saturated carbocycles. The third kappa shape index (κ3) is 15.7. The molecule has 0 atom stereocenters. The van der Waals surface area contributed by atoms with Crippen LogP contribution in [0.2, 0.25) is 0 Å². The molecule has 23 heteroatoms. The number of carbonyl (C=O) groups excluding carboxylic acids is 6. The zero-order chi connectivity index (χ0) is 48.5. The molecule has 2 saturated heterocycles. The van der Waals surface area contributed by atoms with Gasteiger partial charge in [-0.1, -0.05) is 0 Å². The average Bonchev–Trinajstić information content (AvgIpc) is 3.16. The largest absolute Gasteiger partial charge is 0.496 e. The van der Waals surface area contributed by atoms with E-state index >= 15 is 0 Å². The number of piperidine rings is 2. The van der Waals surface area contributed by atoms with Crippen LogP contribution in [0, 0.1) is 0 Å². The fraction of sp³-hybridized carbons (Fsp3) is 0.550. The SMILES string of the molecule is CC(C)(C)OC(=O)N1CCC(N)(C(N)=O)CC1.COc1ccc(C(=O)Cl)cc1C(F)(F)F.COc1ccc(C(=O)NC2(C(N)=O)CCN(C(=O)OC(C)(C)C)CC2)cc1C(F)(F)F. The number of nitrogens with zero attached hydrogens (tertiary/aromatic N) is 2. The summed E-state index contributed by atoms with van der Waals surface area (Å²) in [5, 5.41) is 1.53. The third-order valence-electron chi connectivity index (χ3n) is 9.39. The number of rotatable bonds is 7. The van der Waals surface area contributed by atoms with E-state index in [0.29, 0.717) is 38.1 Å². The second-order valence-corrected chi connectivity index (χ2v) is 16.8. The van der Waals surface area contributed by atoms with Crippen molar-refractivity contribution in [3.63, 3.8) is 0 Å². The molecule has 4 rings (SSSR count). The molecule has 7 N–H and O–H groups in total. The standard InChI is InChI=1S/C20H26F3N3O5.C11H21N3O3.C9H6ClF3O2/c1-18(2,3)31-17(29)26-9-7-19(8-10-26,16(24)28)25-15(27)12-5-6-14(30-4)13(11-12)20(21,22)23;1-10(2,3)17-9(16)14-6-4-11(13,5-7-14)8(12)15;1-15-7-3-2-5(8(10)14)4-6(7)9(11,12)13/h5-6,11H,7-10H2,1-4H3,(H2,24,28)(H,25,27);4-7,13H2,1-3H3,(H2,12,15);2-4H,1H3. The summed E-state index contributed by atoms with van der Waals surface area (Å²) in [6.07, 6.45) is -9.50. The zero-order valence-electron chi connectivity index (χ0n) is 36.0. The minimum absolute atomic E-state index is 0.00437. The Balaban J connectivity index is 0.000000359. The average molecular weight is 927 g/mol. The van der Waals surface area contributed by atoms with Gasteiger partial charge >= 0.3 is 24.5 Å². The van der Waals surface area contributed by atoms with Gasteiger partial charge in [-0.15, -0.1) is 0 Å². The molecule has 16 nitrogen and oxygen atoms in total. The Labute approximate surface area is 365 Å². The fourth-order valence-corrected chi connectivity index (χ4v) is 6.02. The first-order valence-electron chi connectivity index (χ1n) is 19.1. The Kier molecular flexibility index (Phi) is 17.7. The molecule has 2 aliphatic heterocycles. The van der Waals surface area contributed by atoms with E-state index in [9.17, 15) is 55.1 Å². The molecule has 0 unspecified atom stereocenters. The number of hydrogen-bond donors (Lipinski definition) is 4. The Bertz CT molecular complexity index is 1990. The summed E-state index contributed by atoms with van der Waals surface area (Å²) >= 11 is 5.07. The van der Waals surface area contributed by atoms with Crippen LogP contribution in [0.5, 0.6) is 11.5 Å². The summed E-state index contributed by atoms with van der Waals surface area (Å²) in [5.74, 6) is -3.02. The van der Waals surface area contributed by atoms with Gasteiger partial charge < -0.3 is 51.3 Å². The number of nitrogens with two attached hydrogens (primary N) is 3. The number of halogens is 7. The Morgan fingerprint density at radius 3 is 1.32 bits per heavy atom. The van der Waals surface area contributed by atoms with E-state index in [1.165, 1.54) is 11.0 Å². The highest BCUT2D eigenvalue weighted by Gasteiger charge is 2.44. The molecule has 0 aromatic heterocycles. The predicted molar refractivity (Wildman–Crippen MR) is 216 cm³/mol. The number of alkyl halides is 6. The molecule has 2 aromatic carbocycles. The monoisotopic (exact) mass is 926 g/mol.